The Kier molecular flexibility index (Phi) is 5.64. The van der Waals surface area contributed by atoms with Crippen LogP contribution in [0.3, 0.4) is 0 Å². The largest absolute Gasteiger partial charge is 0.328 e. The number of nitrogens with one attached hydrogen (secondary N) is 2. The second-order valence-electron chi connectivity index (χ2n) is 7.35. The summed E-state index contributed by atoms with van der Waals surface area (Å²) in [6.07, 6.45) is 1.50. The topological polar surface area (TPSA) is 115 Å². The van der Waals surface area contributed by atoms with Crippen LogP contribution in [0.15, 0.2) is 63.2 Å². The Bertz CT molecular complexity index is 1340. The van der Waals surface area contributed by atoms with Crippen LogP contribution in [-0.2, 0) is 28.4 Å². The average molecular weight is 442 g/mol. The van der Waals surface area contributed by atoms with Crippen LogP contribution in [0.4, 0.5) is 5.69 Å². The minimum Gasteiger partial charge on any atom is -0.326 e. The predicted molar refractivity (Wildman–Crippen MR) is 119 cm³/mol. The Morgan fingerprint density at radius 3 is 2.65 bits per heavy atom. The first-order valence-electron chi connectivity index (χ1n) is 9.95. The van der Waals surface area contributed by atoms with E-state index in [2.05, 4.69) is 15.0 Å². The molecule has 0 bridgehead atoms. The molecule has 31 heavy (non-hydrogen) atoms. The number of sulfonamides is 1. The number of fused-ring (bicyclic) bond motifs is 1. The van der Waals surface area contributed by atoms with Gasteiger partial charge in [-0.15, -0.1) is 0 Å². The fourth-order valence-corrected chi connectivity index (χ4v) is 4.73. The minimum absolute atomic E-state index is 0.0465. The first-order chi connectivity index (χ1) is 14.8. The van der Waals surface area contributed by atoms with Crippen LogP contribution >= 0.6 is 0 Å². The van der Waals surface area contributed by atoms with Gasteiger partial charge in [0.15, 0.2) is 0 Å². The summed E-state index contributed by atoms with van der Waals surface area (Å²) in [5.74, 6) is 0.137. The van der Waals surface area contributed by atoms with Gasteiger partial charge in [-0.1, -0.05) is 18.2 Å². The molecular formula is C21H23N5O4S. The summed E-state index contributed by atoms with van der Waals surface area (Å²) >= 11 is 0. The number of hydrogen-bond donors (Lipinski definition) is 2. The van der Waals surface area contributed by atoms with E-state index in [-0.39, 0.29) is 29.5 Å². The first kappa shape index (κ1) is 20.9. The molecule has 10 heteroatoms. The van der Waals surface area contributed by atoms with Gasteiger partial charge in [0.25, 0.3) is 10.0 Å². The van der Waals surface area contributed by atoms with Crippen molar-refractivity contribution >= 4 is 38.5 Å². The summed E-state index contributed by atoms with van der Waals surface area (Å²) in [4.78, 5) is 29.1. The van der Waals surface area contributed by atoms with E-state index in [1.54, 1.807) is 28.3 Å². The molecule has 2 heterocycles. The minimum atomic E-state index is -3.76. The number of amidine groups is 1. The number of rotatable bonds is 6. The number of aryl methyl sites for hydroxylation is 2. The zero-order valence-corrected chi connectivity index (χ0v) is 17.9. The molecule has 0 aliphatic carbocycles. The van der Waals surface area contributed by atoms with Gasteiger partial charge >= 0.3 is 5.69 Å². The van der Waals surface area contributed by atoms with Crippen molar-refractivity contribution in [2.75, 3.05) is 11.9 Å². The van der Waals surface area contributed by atoms with Crippen LogP contribution in [0.5, 0.6) is 0 Å². The van der Waals surface area contributed by atoms with Gasteiger partial charge in [-0.2, -0.15) is 0 Å². The van der Waals surface area contributed by atoms with Crippen molar-refractivity contribution in [3.63, 3.8) is 0 Å². The maximum atomic E-state index is 12.6. The molecule has 1 aliphatic heterocycles. The van der Waals surface area contributed by atoms with Gasteiger partial charge in [-0.3, -0.25) is 23.6 Å². The highest BCUT2D eigenvalue weighted by Gasteiger charge is 2.19. The van der Waals surface area contributed by atoms with Crippen LogP contribution in [-0.4, -0.2) is 35.8 Å². The Labute approximate surface area is 179 Å². The lowest BCUT2D eigenvalue weighted by atomic mass is 10.3. The van der Waals surface area contributed by atoms with Crippen molar-refractivity contribution in [2.24, 2.45) is 12.0 Å². The van der Waals surface area contributed by atoms with E-state index in [0.29, 0.717) is 24.5 Å². The number of imidazole rings is 1. The van der Waals surface area contributed by atoms with E-state index < -0.39 is 10.0 Å². The highest BCUT2D eigenvalue weighted by atomic mass is 32.2. The third-order valence-electron chi connectivity index (χ3n) is 5.17. The number of benzene rings is 2. The van der Waals surface area contributed by atoms with Gasteiger partial charge < -0.3 is 5.32 Å². The maximum absolute atomic E-state index is 12.6. The second kappa shape index (κ2) is 8.38. The first-order valence-corrected chi connectivity index (χ1v) is 11.4. The van der Waals surface area contributed by atoms with Gasteiger partial charge in [0.05, 0.1) is 15.9 Å². The lowest BCUT2D eigenvalue weighted by Crippen LogP contribution is -2.29. The van der Waals surface area contributed by atoms with E-state index in [9.17, 15) is 18.0 Å². The molecule has 0 saturated carbocycles. The van der Waals surface area contributed by atoms with Crippen molar-refractivity contribution in [1.82, 2.24) is 13.9 Å². The molecule has 1 aliphatic rings. The molecule has 9 nitrogen and oxygen atoms in total. The molecular weight excluding hydrogens is 418 g/mol. The molecule has 0 saturated heterocycles. The Morgan fingerprint density at radius 1 is 1.13 bits per heavy atom. The Balaban J connectivity index is 1.45. The number of carbonyl (C=O) groups is 1. The number of amides is 1. The lowest BCUT2D eigenvalue weighted by Gasteiger charge is -2.10. The summed E-state index contributed by atoms with van der Waals surface area (Å²) < 4.78 is 30.7. The van der Waals surface area contributed by atoms with Gasteiger partial charge in [0.1, 0.15) is 5.84 Å². The van der Waals surface area contributed by atoms with Gasteiger partial charge in [-0.25, -0.2) is 13.2 Å². The number of hydrogen-bond acceptors (Lipinski definition) is 5. The van der Waals surface area contributed by atoms with E-state index in [4.69, 9.17) is 0 Å². The predicted octanol–water partition coefficient (Wildman–Crippen LogP) is 1.84. The average Bonchev–Trinajstić information content (AvgIpc) is 3.34. The fraction of sp³-hybridized carbons (Fsp3) is 0.286. The highest BCUT2D eigenvalue weighted by molar-refractivity contribution is 7.90. The van der Waals surface area contributed by atoms with Gasteiger partial charge in [0, 0.05) is 38.7 Å². The van der Waals surface area contributed by atoms with Crippen LogP contribution in [0.2, 0.25) is 0 Å². The molecule has 0 unspecified atom stereocenters. The third-order valence-corrected chi connectivity index (χ3v) is 6.55. The maximum Gasteiger partial charge on any atom is 0.328 e. The highest BCUT2D eigenvalue weighted by Crippen LogP contribution is 2.17. The number of anilines is 1. The van der Waals surface area contributed by atoms with Crippen LogP contribution in [0.25, 0.3) is 11.0 Å². The monoisotopic (exact) mass is 441 g/mol. The van der Waals surface area contributed by atoms with E-state index in [1.165, 1.54) is 12.1 Å². The molecule has 1 aromatic heterocycles. The summed E-state index contributed by atoms with van der Waals surface area (Å²) in [5, 5.41) is 2.71. The quantitative estimate of drug-likeness (QED) is 0.607. The van der Waals surface area contributed by atoms with E-state index >= 15 is 0 Å². The van der Waals surface area contributed by atoms with Crippen LogP contribution in [0.1, 0.15) is 19.3 Å². The summed E-state index contributed by atoms with van der Waals surface area (Å²) in [6, 6.07) is 13.4. The fourth-order valence-electron chi connectivity index (χ4n) is 3.59. The summed E-state index contributed by atoms with van der Waals surface area (Å²) in [5.41, 5.74) is 1.73. The number of para-hydroxylation sites is 2. The van der Waals surface area contributed by atoms with Crippen molar-refractivity contribution in [2.45, 2.75) is 30.7 Å². The summed E-state index contributed by atoms with van der Waals surface area (Å²) in [6.45, 7) is 0.832. The molecule has 162 valence electrons. The van der Waals surface area contributed by atoms with Crippen LogP contribution in [0, 0.1) is 0 Å². The SMILES string of the molecule is Cn1c(=O)n(CCC(=O)Nc2cccc(S(=O)(=O)NC3=NCCC3)c2)c2ccccc21. The molecule has 0 atom stereocenters. The molecule has 0 spiro atoms. The number of carbonyl (C=O) groups excluding carboxylic acids is 1. The van der Waals surface area contributed by atoms with Crippen molar-refractivity contribution in [3.8, 4) is 0 Å². The number of nitrogens with zero attached hydrogens (tertiary/aromatic N) is 3. The zero-order valence-electron chi connectivity index (χ0n) is 17.0. The van der Waals surface area contributed by atoms with E-state index in [0.717, 1.165) is 17.5 Å². The van der Waals surface area contributed by atoms with Crippen molar-refractivity contribution in [3.05, 3.63) is 59.0 Å². The molecule has 4 rings (SSSR count). The lowest BCUT2D eigenvalue weighted by molar-refractivity contribution is -0.116. The van der Waals surface area contributed by atoms with E-state index in [1.807, 2.05) is 24.3 Å². The molecule has 3 aromatic rings. The molecule has 0 fully saturated rings. The Hall–Kier alpha value is -3.40. The summed E-state index contributed by atoms with van der Waals surface area (Å²) in [7, 11) is -2.07. The normalized spacial score (nSPS) is 13.9. The smallest absolute Gasteiger partial charge is 0.326 e. The zero-order chi connectivity index (χ0) is 22.0. The van der Waals surface area contributed by atoms with Crippen molar-refractivity contribution in [1.29, 1.82) is 0 Å². The van der Waals surface area contributed by atoms with Gasteiger partial charge in [-0.05, 0) is 36.8 Å². The number of aliphatic imine (C=N–C) groups is 1. The third kappa shape index (κ3) is 4.38. The van der Waals surface area contributed by atoms with Gasteiger partial charge in [0.2, 0.25) is 5.91 Å². The molecule has 2 aromatic carbocycles. The second-order valence-corrected chi connectivity index (χ2v) is 9.03. The van der Waals surface area contributed by atoms with Crippen LogP contribution < -0.4 is 15.7 Å². The standard InChI is InChI=1S/C21H23N5O4S/c1-25-17-8-2-3-9-18(17)26(21(25)28)13-11-20(27)23-15-6-4-7-16(14-15)31(29,30)24-19-10-5-12-22-19/h2-4,6-9,14H,5,10-13H2,1H3,(H,22,24)(H,23,27). The van der Waals surface area contributed by atoms with Crippen molar-refractivity contribution < 1.29 is 13.2 Å². The molecule has 0 radical (unpaired) electrons. The Morgan fingerprint density at radius 2 is 1.90 bits per heavy atom. The number of aromatic nitrogens is 2. The molecule has 2 N–H and O–H groups in total. The molecule has 1 amide bonds.